The third-order valence-corrected chi connectivity index (χ3v) is 5.61. The predicted octanol–water partition coefficient (Wildman–Crippen LogP) is 0.770. The third kappa shape index (κ3) is 4.40. The fourth-order valence-corrected chi connectivity index (χ4v) is 3.90. The largest absolute Gasteiger partial charge is 0.493 e. The highest BCUT2D eigenvalue weighted by Gasteiger charge is 2.33. The summed E-state index contributed by atoms with van der Waals surface area (Å²) in [4.78, 5) is 30.1. The number of imide groups is 1. The highest BCUT2D eigenvalue weighted by atomic mass is 16.5. The molecule has 160 valence electrons. The molecule has 1 aromatic rings. The van der Waals surface area contributed by atoms with E-state index in [1.807, 2.05) is 19.1 Å². The lowest BCUT2D eigenvalue weighted by molar-refractivity contribution is -0.133. The van der Waals surface area contributed by atoms with Gasteiger partial charge in [0.1, 0.15) is 0 Å². The first-order valence-corrected chi connectivity index (χ1v) is 9.83. The van der Waals surface area contributed by atoms with Gasteiger partial charge in [0.05, 0.1) is 27.4 Å². The van der Waals surface area contributed by atoms with Crippen molar-refractivity contribution in [1.82, 2.24) is 20.0 Å². The molecule has 2 saturated heterocycles. The van der Waals surface area contributed by atoms with E-state index in [2.05, 4.69) is 15.1 Å². The molecule has 0 aromatic heterocycles. The zero-order valence-electron chi connectivity index (χ0n) is 17.6. The Bertz CT molecular complexity index is 749. The van der Waals surface area contributed by atoms with Gasteiger partial charge in [-0.05, 0) is 13.0 Å². The average Bonchev–Trinajstić information content (AvgIpc) is 3.18. The third-order valence-electron chi connectivity index (χ3n) is 5.61. The summed E-state index contributed by atoms with van der Waals surface area (Å²) in [6.07, 6.45) is 0. The van der Waals surface area contributed by atoms with E-state index in [1.165, 1.54) is 4.90 Å². The van der Waals surface area contributed by atoms with Crippen molar-refractivity contribution in [1.29, 1.82) is 0 Å². The molecule has 1 aromatic carbocycles. The van der Waals surface area contributed by atoms with E-state index < -0.39 is 0 Å². The van der Waals surface area contributed by atoms with Crippen LogP contribution in [0.2, 0.25) is 0 Å². The van der Waals surface area contributed by atoms with Crippen molar-refractivity contribution in [2.75, 3.05) is 60.6 Å². The maximum atomic E-state index is 12.6. The molecule has 9 nitrogen and oxygen atoms in total. The number of amides is 3. The Hall–Kier alpha value is -2.52. The van der Waals surface area contributed by atoms with E-state index in [0.29, 0.717) is 36.9 Å². The number of nitrogens with zero attached hydrogens (tertiary/aromatic N) is 3. The number of ether oxygens (including phenoxy) is 3. The topological polar surface area (TPSA) is 83.6 Å². The van der Waals surface area contributed by atoms with Gasteiger partial charge >= 0.3 is 6.03 Å². The van der Waals surface area contributed by atoms with Gasteiger partial charge in [-0.15, -0.1) is 0 Å². The molecule has 3 amide bonds. The van der Waals surface area contributed by atoms with Crippen molar-refractivity contribution in [2.24, 2.45) is 0 Å². The number of carbonyl (C=O) groups is 2. The number of rotatable bonds is 7. The van der Waals surface area contributed by atoms with Crippen molar-refractivity contribution in [2.45, 2.75) is 19.5 Å². The summed E-state index contributed by atoms with van der Waals surface area (Å²) in [7, 11) is 4.83. The molecule has 0 bridgehead atoms. The molecular weight excluding hydrogens is 376 g/mol. The lowest BCUT2D eigenvalue weighted by atomic mass is 10.1. The van der Waals surface area contributed by atoms with Crippen LogP contribution in [0.25, 0.3) is 0 Å². The molecule has 0 aliphatic carbocycles. The molecule has 2 heterocycles. The molecular formula is C20H30N4O5. The first-order valence-electron chi connectivity index (χ1n) is 9.83. The number of urea groups is 1. The maximum Gasteiger partial charge on any atom is 0.324 e. The normalized spacial score (nSPS) is 19.0. The van der Waals surface area contributed by atoms with Gasteiger partial charge in [-0.25, -0.2) is 4.79 Å². The Morgan fingerprint density at radius 1 is 1.03 bits per heavy atom. The van der Waals surface area contributed by atoms with Gasteiger partial charge in [0, 0.05) is 51.4 Å². The van der Waals surface area contributed by atoms with E-state index in [4.69, 9.17) is 14.2 Å². The number of nitrogens with one attached hydrogen (secondary N) is 1. The second-order valence-electron chi connectivity index (χ2n) is 7.20. The number of hydrogen-bond acceptors (Lipinski definition) is 7. The molecule has 2 fully saturated rings. The summed E-state index contributed by atoms with van der Waals surface area (Å²) >= 11 is 0. The first kappa shape index (κ1) is 21.2. The van der Waals surface area contributed by atoms with Crippen LogP contribution in [0.4, 0.5) is 4.79 Å². The smallest absolute Gasteiger partial charge is 0.324 e. The zero-order chi connectivity index (χ0) is 21.0. The Kier molecular flexibility index (Phi) is 6.81. The van der Waals surface area contributed by atoms with Crippen LogP contribution in [0.3, 0.4) is 0 Å². The molecule has 1 N–H and O–H groups in total. The van der Waals surface area contributed by atoms with Gasteiger partial charge < -0.3 is 19.5 Å². The number of piperazine rings is 1. The van der Waals surface area contributed by atoms with E-state index in [-0.39, 0.29) is 18.0 Å². The van der Waals surface area contributed by atoms with Crippen LogP contribution in [0.5, 0.6) is 17.2 Å². The fourth-order valence-electron chi connectivity index (χ4n) is 3.90. The molecule has 2 aliphatic heterocycles. The lowest BCUT2D eigenvalue weighted by Crippen LogP contribution is -2.54. The van der Waals surface area contributed by atoms with E-state index >= 15 is 0 Å². The number of methoxy groups -OCH3 is 3. The molecule has 0 unspecified atom stereocenters. The van der Waals surface area contributed by atoms with Gasteiger partial charge in [-0.3, -0.25) is 19.5 Å². The molecule has 3 rings (SSSR count). The van der Waals surface area contributed by atoms with Crippen LogP contribution in [0.15, 0.2) is 12.1 Å². The molecule has 0 radical (unpaired) electrons. The zero-order valence-corrected chi connectivity index (χ0v) is 17.6. The molecule has 29 heavy (non-hydrogen) atoms. The second-order valence-corrected chi connectivity index (χ2v) is 7.20. The number of hydrogen-bond donors (Lipinski definition) is 1. The van der Waals surface area contributed by atoms with Gasteiger partial charge in [0.2, 0.25) is 11.7 Å². The van der Waals surface area contributed by atoms with Crippen LogP contribution in [-0.4, -0.2) is 93.3 Å². The first-order chi connectivity index (χ1) is 14.0. The Morgan fingerprint density at radius 2 is 1.72 bits per heavy atom. The molecule has 9 heteroatoms. The van der Waals surface area contributed by atoms with Crippen molar-refractivity contribution in [3.8, 4) is 17.2 Å². The average molecular weight is 406 g/mol. The SMILES string of the molecule is COc1ccc(CN2CCN([C@H](C)C(=O)N3CCNC3=O)CC2)c(OC)c1OC. The lowest BCUT2D eigenvalue weighted by Gasteiger charge is -2.38. The molecule has 2 aliphatic rings. The molecule has 1 atom stereocenters. The molecule has 0 spiro atoms. The van der Waals surface area contributed by atoms with Crippen LogP contribution in [0, 0.1) is 0 Å². The quantitative estimate of drug-likeness (QED) is 0.716. The fraction of sp³-hybridized carbons (Fsp3) is 0.600. The Labute approximate surface area is 171 Å². The number of benzene rings is 1. The van der Waals surface area contributed by atoms with Crippen LogP contribution < -0.4 is 19.5 Å². The van der Waals surface area contributed by atoms with E-state index in [1.54, 1.807) is 21.3 Å². The minimum Gasteiger partial charge on any atom is -0.493 e. The minimum absolute atomic E-state index is 0.130. The van der Waals surface area contributed by atoms with Crippen LogP contribution in [0.1, 0.15) is 12.5 Å². The van der Waals surface area contributed by atoms with Gasteiger partial charge in [0.15, 0.2) is 11.5 Å². The number of carbonyl (C=O) groups excluding carboxylic acids is 2. The van der Waals surface area contributed by atoms with Crippen LogP contribution in [-0.2, 0) is 11.3 Å². The monoisotopic (exact) mass is 406 g/mol. The van der Waals surface area contributed by atoms with Crippen molar-refractivity contribution >= 4 is 11.9 Å². The summed E-state index contributed by atoms with van der Waals surface area (Å²) < 4.78 is 16.4. The van der Waals surface area contributed by atoms with E-state index in [0.717, 1.165) is 31.7 Å². The Balaban J connectivity index is 1.60. The second kappa shape index (κ2) is 9.32. The van der Waals surface area contributed by atoms with Gasteiger partial charge in [-0.1, -0.05) is 6.07 Å². The van der Waals surface area contributed by atoms with Crippen molar-refractivity contribution in [3.05, 3.63) is 17.7 Å². The predicted molar refractivity (Wildman–Crippen MR) is 108 cm³/mol. The summed E-state index contributed by atoms with van der Waals surface area (Å²) in [5, 5.41) is 2.68. The molecule has 0 saturated carbocycles. The summed E-state index contributed by atoms with van der Waals surface area (Å²) in [6, 6.07) is 3.28. The summed E-state index contributed by atoms with van der Waals surface area (Å²) in [5.41, 5.74) is 1.02. The summed E-state index contributed by atoms with van der Waals surface area (Å²) in [6.45, 7) is 6.73. The maximum absolute atomic E-state index is 12.6. The highest BCUT2D eigenvalue weighted by Crippen LogP contribution is 2.40. The van der Waals surface area contributed by atoms with Crippen molar-refractivity contribution in [3.63, 3.8) is 0 Å². The van der Waals surface area contributed by atoms with Gasteiger partial charge in [-0.2, -0.15) is 0 Å². The van der Waals surface area contributed by atoms with Gasteiger partial charge in [0.25, 0.3) is 0 Å². The van der Waals surface area contributed by atoms with Crippen molar-refractivity contribution < 1.29 is 23.8 Å². The van der Waals surface area contributed by atoms with Crippen LogP contribution >= 0.6 is 0 Å². The standard InChI is InChI=1S/C20H30N4O5/c1-14(19(25)24-8-7-21-20(24)26)23-11-9-22(10-12-23)13-15-5-6-16(27-2)18(29-4)17(15)28-3/h5-6,14H,7-13H2,1-4H3,(H,21,26)/t14-/m1/s1. The highest BCUT2D eigenvalue weighted by molar-refractivity contribution is 5.98. The minimum atomic E-state index is -0.309. The Morgan fingerprint density at radius 3 is 2.28 bits per heavy atom. The van der Waals surface area contributed by atoms with E-state index in [9.17, 15) is 9.59 Å². The summed E-state index contributed by atoms with van der Waals surface area (Å²) in [5.74, 6) is 1.78.